The lowest BCUT2D eigenvalue weighted by molar-refractivity contribution is -0.143. The molecule has 0 spiro atoms. The van der Waals surface area contributed by atoms with Crippen LogP contribution >= 0.6 is 0 Å². The quantitative estimate of drug-likeness (QED) is 0.134. The van der Waals surface area contributed by atoms with Gasteiger partial charge in [0, 0.05) is 18.7 Å². The van der Waals surface area contributed by atoms with E-state index in [1.807, 2.05) is 26.0 Å². The van der Waals surface area contributed by atoms with E-state index in [0.29, 0.717) is 36.6 Å². The van der Waals surface area contributed by atoms with E-state index in [-0.39, 0.29) is 30.8 Å². The highest BCUT2D eigenvalue weighted by molar-refractivity contribution is 5.93. The molecular formula is C25H33F6NO2. The highest BCUT2D eigenvalue weighted by Gasteiger charge is 2.36. The van der Waals surface area contributed by atoms with Gasteiger partial charge in [-0.1, -0.05) is 44.9 Å². The Bertz CT molecular complexity index is 793. The number of hydrogen-bond acceptors (Lipinski definition) is 2. The van der Waals surface area contributed by atoms with Gasteiger partial charge in [0.15, 0.2) is 0 Å². The zero-order valence-corrected chi connectivity index (χ0v) is 19.8. The van der Waals surface area contributed by atoms with Crippen molar-refractivity contribution in [3.63, 3.8) is 0 Å². The third-order valence-corrected chi connectivity index (χ3v) is 4.84. The lowest BCUT2D eigenvalue weighted by Crippen LogP contribution is -2.27. The zero-order chi connectivity index (χ0) is 25.8. The number of carbonyl (C=O) groups excluding carboxylic acids is 1. The summed E-state index contributed by atoms with van der Waals surface area (Å²) in [4.78, 5) is 11.8. The minimum Gasteiger partial charge on any atom is -0.377 e. The van der Waals surface area contributed by atoms with Gasteiger partial charge in [0.2, 0.25) is 5.91 Å². The van der Waals surface area contributed by atoms with Crippen molar-refractivity contribution in [2.75, 3.05) is 13.2 Å². The van der Waals surface area contributed by atoms with Gasteiger partial charge in [-0.2, -0.15) is 26.3 Å². The van der Waals surface area contributed by atoms with Crippen molar-refractivity contribution in [1.29, 1.82) is 0 Å². The molecule has 3 nitrogen and oxygen atoms in total. The van der Waals surface area contributed by atoms with Crippen LogP contribution < -0.4 is 5.32 Å². The Hall–Kier alpha value is -2.29. The van der Waals surface area contributed by atoms with Gasteiger partial charge in [-0.15, -0.1) is 0 Å². The fraction of sp³-hybridized carbons (Fsp3) is 0.560. The molecule has 1 aromatic rings. The summed E-state index contributed by atoms with van der Waals surface area (Å²) in [7, 11) is 0. The first-order chi connectivity index (χ1) is 15.8. The van der Waals surface area contributed by atoms with Crippen LogP contribution in [0.1, 0.15) is 69.6 Å². The maximum atomic E-state index is 12.9. The van der Waals surface area contributed by atoms with Crippen LogP contribution in [-0.2, 0) is 28.5 Å². The maximum absolute atomic E-state index is 12.9. The van der Waals surface area contributed by atoms with Gasteiger partial charge < -0.3 is 10.1 Å². The minimum atomic E-state index is -4.86. The Balaban J connectivity index is 2.29. The van der Waals surface area contributed by atoms with E-state index >= 15 is 0 Å². The molecule has 0 atom stereocenters. The van der Waals surface area contributed by atoms with Crippen LogP contribution in [-0.4, -0.2) is 19.1 Å². The number of amides is 1. The molecule has 0 bridgehead atoms. The summed E-state index contributed by atoms with van der Waals surface area (Å²) in [5.41, 5.74) is -2.20. The molecule has 1 amide bonds. The minimum absolute atomic E-state index is 0.0851. The number of unbranched alkanes of at least 4 members (excludes halogenated alkanes) is 4. The van der Waals surface area contributed by atoms with Crippen LogP contribution in [0, 0.1) is 5.92 Å². The second-order valence-corrected chi connectivity index (χ2v) is 8.55. The molecule has 0 radical (unpaired) electrons. The van der Waals surface area contributed by atoms with E-state index in [4.69, 9.17) is 4.74 Å². The summed E-state index contributed by atoms with van der Waals surface area (Å²) in [6, 6.07) is 1.48. The number of hydrogen-bond donors (Lipinski definition) is 1. The molecule has 9 heteroatoms. The first-order valence-electron chi connectivity index (χ1n) is 11.3. The van der Waals surface area contributed by atoms with Crippen molar-refractivity contribution in [3.05, 3.63) is 58.7 Å². The van der Waals surface area contributed by atoms with E-state index in [1.54, 1.807) is 13.0 Å². The van der Waals surface area contributed by atoms with Crippen LogP contribution in [0.25, 0.3) is 0 Å². The molecule has 1 N–H and O–H groups in total. The summed E-state index contributed by atoms with van der Waals surface area (Å²) in [6.07, 6.45) is 0.0147. The van der Waals surface area contributed by atoms with Gasteiger partial charge in [0.25, 0.3) is 0 Å². The molecule has 1 aromatic carbocycles. The molecule has 0 aromatic heterocycles. The highest BCUT2D eigenvalue weighted by atomic mass is 19.4. The zero-order valence-electron chi connectivity index (χ0n) is 19.8. The topological polar surface area (TPSA) is 38.3 Å². The van der Waals surface area contributed by atoms with Crippen LogP contribution in [0.5, 0.6) is 0 Å². The molecule has 0 aliphatic rings. The summed E-state index contributed by atoms with van der Waals surface area (Å²) in [5.74, 6) is 0.304. The number of ether oxygens (including phenoxy) is 1. The summed E-state index contributed by atoms with van der Waals surface area (Å²) < 4.78 is 82.5. The van der Waals surface area contributed by atoms with Gasteiger partial charge in [0.1, 0.15) is 0 Å². The number of benzene rings is 1. The molecule has 0 saturated heterocycles. The Morgan fingerprint density at radius 1 is 0.971 bits per heavy atom. The lowest BCUT2D eigenvalue weighted by atomic mass is 10.1. The van der Waals surface area contributed by atoms with Gasteiger partial charge in [-0.05, 0) is 55.9 Å². The summed E-state index contributed by atoms with van der Waals surface area (Å²) in [6.45, 7) is 6.37. The predicted molar refractivity (Wildman–Crippen MR) is 120 cm³/mol. The molecule has 0 heterocycles. The van der Waals surface area contributed by atoms with Crippen LogP contribution in [0.15, 0.2) is 42.0 Å². The fourth-order valence-corrected chi connectivity index (χ4v) is 2.93. The third-order valence-electron chi connectivity index (χ3n) is 4.84. The van der Waals surface area contributed by atoms with Crippen LogP contribution in [0.3, 0.4) is 0 Å². The summed E-state index contributed by atoms with van der Waals surface area (Å²) >= 11 is 0. The maximum Gasteiger partial charge on any atom is 0.416 e. The number of allylic oxidation sites excluding steroid dienone is 3. The van der Waals surface area contributed by atoms with E-state index in [9.17, 15) is 31.1 Å². The standard InChI is InChI=1S/C25H33F6NO2/c1-18(2)16-32-23(33)19(3)11-9-7-5-4-6-8-10-12-34-17-20-13-21(24(26,27)28)15-22(14-20)25(29,30)31/h7,9,11,13-15,18H,4-6,8,10,12,16-17H2,1-3H3,(H,32,33). The van der Waals surface area contributed by atoms with Gasteiger partial charge in [0.05, 0.1) is 17.7 Å². The van der Waals surface area contributed by atoms with Crippen molar-refractivity contribution >= 4 is 5.91 Å². The first kappa shape index (κ1) is 29.7. The van der Waals surface area contributed by atoms with E-state index in [2.05, 4.69) is 5.32 Å². The van der Waals surface area contributed by atoms with Crippen LogP contribution in [0.4, 0.5) is 26.3 Å². The number of alkyl halides is 6. The average molecular weight is 494 g/mol. The molecule has 0 fully saturated rings. The lowest BCUT2D eigenvalue weighted by Gasteiger charge is -2.14. The Morgan fingerprint density at radius 2 is 1.56 bits per heavy atom. The number of rotatable bonds is 13. The van der Waals surface area contributed by atoms with E-state index in [0.717, 1.165) is 25.7 Å². The van der Waals surface area contributed by atoms with Crippen molar-refractivity contribution in [1.82, 2.24) is 5.32 Å². The molecule has 0 unspecified atom stereocenters. The monoisotopic (exact) mass is 493 g/mol. The Morgan fingerprint density at radius 3 is 2.12 bits per heavy atom. The number of carbonyl (C=O) groups is 1. The molecule has 1 rings (SSSR count). The smallest absolute Gasteiger partial charge is 0.377 e. The summed E-state index contributed by atoms with van der Waals surface area (Å²) in [5, 5.41) is 2.84. The Labute approximate surface area is 197 Å². The molecule has 0 aliphatic heterocycles. The Kier molecular flexibility index (Phi) is 12.4. The van der Waals surface area contributed by atoms with Gasteiger partial charge >= 0.3 is 12.4 Å². The second-order valence-electron chi connectivity index (χ2n) is 8.55. The van der Waals surface area contributed by atoms with Gasteiger partial charge in [-0.3, -0.25) is 4.79 Å². The largest absolute Gasteiger partial charge is 0.416 e. The third kappa shape index (κ3) is 12.3. The van der Waals surface area contributed by atoms with Gasteiger partial charge in [-0.25, -0.2) is 0 Å². The normalized spacial score (nSPS) is 13.2. The SMILES string of the molecule is CC(=CC=CCCCCCCOCc1cc(C(F)(F)F)cc(C(F)(F)F)c1)C(=O)NCC(C)C. The number of halogens is 6. The van der Waals surface area contributed by atoms with Crippen molar-refractivity contribution in [3.8, 4) is 0 Å². The molecule has 192 valence electrons. The molecule has 34 heavy (non-hydrogen) atoms. The van der Waals surface area contributed by atoms with Crippen molar-refractivity contribution in [2.45, 2.75) is 71.8 Å². The average Bonchev–Trinajstić information content (AvgIpc) is 2.74. The first-order valence-corrected chi connectivity index (χ1v) is 11.3. The molecule has 0 saturated carbocycles. The van der Waals surface area contributed by atoms with E-state index < -0.39 is 23.5 Å². The molecular weight excluding hydrogens is 460 g/mol. The fourth-order valence-electron chi connectivity index (χ4n) is 2.93. The molecule has 0 aliphatic carbocycles. The number of nitrogens with one attached hydrogen (secondary N) is 1. The van der Waals surface area contributed by atoms with E-state index in [1.165, 1.54) is 0 Å². The van der Waals surface area contributed by atoms with Crippen molar-refractivity contribution in [2.24, 2.45) is 5.92 Å². The highest BCUT2D eigenvalue weighted by Crippen LogP contribution is 2.36. The second kappa shape index (κ2) is 14.2. The van der Waals surface area contributed by atoms with Crippen LogP contribution in [0.2, 0.25) is 0 Å². The van der Waals surface area contributed by atoms with Crippen molar-refractivity contribution < 1.29 is 35.9 Å². The predicted octanol–water partition coefficient (Wildman–Crippen LogP) is 7.47.